The van der Waals surface area contributed by atoms with Crippen molar-refractivity contribution in [1.82, 2.24) is 19.7 Å². The minimum absolute atomic E-state index is 0.521. The van der Waals surface area contributed by atoms with Crippen molar-refractivity contribution in [1.29, 1.82) is 0 Å². The molecule has 0 saturated carbocycles. The van der Waals surface area contributed by atoms with Gasteiger partial charge in [0.2, 0.25) is 11.8 Å². The molecule has 0 aliphatic rings. The molecule has 2 rings (SSSR count). The highest BCUT2D eigenvalue weighted by Gasteiger charge is 2.05. The molecule has 0 bridgehead atoms. The Hall–Kier alpha value is -1.63. The number of hydrogen-bond acceptors (Lipinski definition) is 5. The number of nitrogens with zero attached hydrogens (tertiary/aromatic N) is 4. The lowest BCUT2D eigenvalue weighted by Gasteiger charge is -2.07. The van der Waals surface area contributed by atoms with E-state index in [0.29, 0.717) is 11.8 Å². The standard InChI is InChI=1S/C11H14BrN5O/c1-17-8(4-6-15-17)3-5-13-11-14-7-9(12)10(16-11)18-2/h4,6-7H,3,5H2,1-2H3,(H,13,14,16). The van der Waals surface area contributed by atoms with Gasteiger partial charge in [0.1, 0.15) is 0 Å². The molecule has 7 heteroatoms. The molecule has 0 spiro atoms. The van der Waals surface area contributed by atoms with Crippen molar-refractivity contribution in [3.05, 3.63) is 28.6 Å². The van der Waals surface area contributed by atoms with Gasteiger partial charge in [-0.3, -0.25) is 4.68 Å². The number of hydrogen-bond donors (Lipinski definition) is 1. The summed E-state index contributed by atoms with van der Waals surface area (Å²) in [5.74, 6) is 1.07. The van der Waals surface area contributed by atoms with Crippen LogP contribution in [0.2, 0.25) is 0 Å². The van der Waals surface area contributed by atoms with Crippen molar-refractivity contribution in [2.75, 3.05) is 19.0 Å². The average molecular weight is 312 g/mol. The summed E-state index contributed by atoms with van der Waals surface area (Å²) in [5.41, 5.74) is 1.16. The Morgan fingerprint density at radius 1 is 1.50 bits per heavy atom. The highest BCUT2D eigenvalue weighted by atomic mass is 79.9. The zero-order chi connectivity index (χ0) is 13.0. The Kier molecular flexibility index (Phi) is 4.14. The highest BCUT2D eigenvalue weighted by molar-refractivity contribution is 9.10. The molecule has 18 heavy (non-hydrogen) atoms. The van der Waals surface area contributed by atoms with Crippen LogP contribution in [0, 0.1) is 0 Å². The SMILES string of the molecule is COc1nc(NCCc2ccnn2C)ncc1Br. The molecule has 2 heterocycles. The third-order valence-corrected chi connectivity index (χ3v) is 3.04. The second kappa shape index (κ2) is 5.81. The van der Waals surface area contributed by atoms with Crippen LogP contribution in [0.15, 0.2) is 22.9 Å². The lowest BCUT2D eigenvalue weighted by molar-refractivity contribution is 0.394. The van der Waals surface area contributed by atoms with Crippen LogP contribution in [0.3, 0.4) is 0 Å². The predicted octanol–water partition coefficient (Wildman–Crippen LogP) is 1.64. The van der Waals surface area contributed by atoms with Crippen molar-refractivity contribution < 1.29 is 4.74 Å². The summed E-state index contributed by atoms with van der Waals surface area (Å²) in [7, 11) is 3.50. The number of nitrogens with one attached hydrogen (secondary N) is 1. The van der Waals surface area contributed by atoms with E-state index >= 15 is 0 Å². The van der Waals surface area contributed by atoms with Crippen LogP contribution in [0.5, 0.6) is 5.88 Å². The van der Waals surface area contributed by atoms with Crippen LogP contribution in [0.1, 0.15) is 5.69 Å². The zero-order valence-electron chi connectivity index (χ0n) is 10.2. The molecular formula is C11H14BrN5O. The van der Waals surface area contributed by atoms with E-state index in [-0.39, 0.29) is 0 Å². The summed E-state index contributed by atoms with van der Waals surface area (Å²) in [4.78, 5) is 8.37. The molecule has 0 radical (unpaired) electrons. The van der Waals surface area contributed by atoms with Gasteiger partial charge in [-0.15, -0.1) is 0 Å². The molecule has 0 aliphatic heterocycles. The van der Waals surface area contributed by atoms with Gasteiger partial charge in [-0.2, -0.15) is 10.1 Å². The largest absolute Gasteiger partial charge is 0.480 e. The lowest BCUT2D eigenvalue weighted by atomic mass is 10.3. The molecule has 0 fully saturated rings. The molecule has 0 amide bonds. The van der Waals surface area contributed by atoms with Gasteiger partial charge < -0.3 is 10.1 Å². The molecule has 0 atom stereocenters. The Bertz CT molecular complexity index is 528. The van der Waals surface area contributed by atoms with E-state index in [0.717, 1.165) is 23.1 Å². The second-order valence-corrected chi connectivity index (χ2v) is 4.53. The van der Waals surface area contributed by atoms with Crippen LogP contribution in [0.4, 0.5) is 5.95 Å². The first kappa shape index (κ1) is 12.8. The van der Waals surface area contributed by atoms with Crippen LogP contribution in [-0.4, -0.2) is 33.4 Å². The normalized spacial score (nSPS) is 10.4. The van der Waals surface area contributed by atoms with Crippen LogP contribution < -0.4 is 10.1 Å². The number of halogens is 1. The number of rotatable bonds is 5. The van der Waals surface area contributed by atoms with E-state index in [2.05, 4.69) is 36.3 Å². The zero-order valence-corrected chi connectivity index (χ0v) is 11.8. The van der Waals surface area contributed by atoms with Gasteiger partial charge in [0, 0.05) is 31.9 Å². The maximum absolute atomic E-state index is 5.10. The summed E-state index contributed by atoms with van der Waals surface area (Å²) < 4.78 is 7.69. The molecule has 6 nitrogen and oxygen atoms in total. The smallest absolute Gasteiger partial charge is 0.232 e. The third kappa shape index (κ3) is 2.98. The molecule has 96 valence electrons. The number of aryl methyl sites for hydroxylation is 1. The molecule has 0 aliphatic carbocycles. The van der Waals surface area contributed by atoms with Crippen molar-refractivity contribution >= 4 is 21.9 Å². The highest BCUT2D eigenvalue weighted by Crippen LogP contribution is 2.21. The van der Waals surface area contributed by atoms with Crippen molar-refractivity contribution in [3.63, 3.8) is 0 Å². The summed E-state index contributed by atoms with van der Waals surface area (Å²) in [5, 5.41) is 7.26. The van der Waals surface area contributed by atoms with E-state index in [1.807, 2.05) is 17.8 Å². The van der Waals surface area contributed by atoms with Gasteiger partial charge in [0.05, 0.1) is 17.8 Å². The van der Waals surface area contributed by atoms with E-state index in [1.165, 1.54) is 0 Å². The fourth-order valence-electron chi connectivity index (χ4n) is 1.53. The van der Waals surface area contributed by atoms with Gasteiger partial charge in [-0.05, 0) is 22.0 Å². The summed E-state index contributed by atoms with van der Waals surface area (Å²) in [6, 6.07) is 1.99. The number of ether oxygens (including phenoxy) is 1. The van der Waals surface area contributed by atoms with Gasteiger partial charge in [0.15, 0.2) is 0 Å². The molecular weight excluding hydrogens is 298 g/mol. The quantitative estimate of drug-likeness (QED) is 0.909. The second-order valence-electron chi connectivity index (χ2n) is 3.67. The molecule has 0 unspecified atom stereocenters. The van der Waals surface area contributed by atoms with E-state index in [4.69, 9.17) is 4.74 Å². The van der Waals surface area contributed by atoms with E-state index < -0.39 is 0 Å². The Morgan fingerprint density at radius 2 is 2.33 bits per heavy atom. The predicted molar refractivity (Wildman–Crippen MR) is 71.7 cm³/mol. The first-order valence-electron chi connectivity index (χ1n) is 5.48. The molecule has 2 aromatic heterocycles. The van der Waals surface area contributed by atoms with Crippen molar-refractivity contribution in [2.24, 2.45) is 7.05 Å². The minimum atomic E-state index is 0.521. The van der Waals surface area contributed by atoms with Gasteiger partial charge >= 0.3 is 0 Å². The van der Waals surface area contributed by atoms with Crippen LogP contribution >= 0.6 is 15.9 Å². The monoisotopic (exact) mass is 311 g/mol. The Balaban J connectivity index is 1.92. The van der Waals surface area contributed by atoms with Crippen molar-refractivity contribution in [3.8, 4) is 5.88 Å². The molecule has 0 aromatic carbocycles. The topological polar surface area (TPSA) is 64.9 Å². The van der Waals surface area contributed by atoms with Crippen LogP contribution in [-0.2, 0) is 13.5 Å². The van der Waals surface area contributed by atoms with Crippen molar-refractivity contribution in [2.45, 2.75) is 6.42 Å². The van der Waals surface area contributed by atoms with Gasteiger partial charge in [-0.1, -0.05) is 0 Å². The molecule has 1 N–H and O–H groups in total. The summed E-state index contributed by atoms with van der Waals surface area (Å²) in [6.45, 7) is 0.740. The fourth-order valence-corrected chi connectivity index (χ4v) is 1.88. The maximum Gasteiger partial charge on any atom is 0.232 e. The minimum Gasteiger partial charge on any atom is -0.480 e. The fraction of sp³-hybridized carbons (Fsp3) is 0.364. The van der Waals surface area contributed by atoms with Crippen LogP contribution in [0.25, 0.3) is 0 Å². The number of aromatic nitrogens is 4. The van der Waals surface area contributed by atoms with Gasteiger partial charge in [0.25, 0.3) is 0 Å². The summed E-state index contributed by atoms with van der Waals surface area (Å²) >= 11 is 3.31. The summed E-state index contributed by atoms with van der Waals surface area (Å²) in [6.07, 6.45) is 4.31. The molecule has 2 aromatic rings. The first-order chi connectivity index (χ1) is 8.70. The number of methoxy groups -OCH3 is 1. The van der Waals surface area contributed by atoms with E-state index in [1.54, 1.807) is 19.5 Å². The molecule has 0 saturated heterocycles. The third-order valence-electron chi connectivity index (χ3n) is 2.49. The Morgan fingerprint density at radius 3 is 3.00 bits per heavy atom. The maximum atomic E-state index is 5.10. The number of anilines is 1. The first-order valence-corrected chi connectivity index (χ1v) is 6.27. The lowest BCUT2D eigenvalue weighted by Crippen LogP contribution is -2.10. The average Bonchev–Trinajstić information content (AvgIpc) is 2.77. The van der Waals surface area contributed by atoms with Gasteiger partial charge in [-0.25, -0.2) is 4.98 Å². The Labute approximate surface area is 114 Å². The van der Waals surface area contributed by atoms with E-state index in [9.17, 15) is 0 Å².